The number of amides is 1. The van der Waals surface area contributed by atoms with Crippen LogP contribution < -0.4 is 14.4 Å². The average molecular weight is 346 g/mol. The maximum absolute atomic E-state index is 12.4. The number of sulfonamides is 1. The maximum atomic E-state index is 12.4. The maximum Gasteiger partial charge on any atom is 0.269 e. The van der Waals surface area contributed by atoms with Crippen LogP contribution in [0, 0.1) is 6.92 Å². The molecule has 0 bridgehead atoms. The highest BCUT2D eigenvalue weighted by Gasteiger charge is 2.33. The number of hydrogen-bond acceptors (Lipinski definition) is 4. The van der Waals surface area contributed by atoms with E-state index in [1.807, 2.05) is 19.1 Å². The van der Waals surface area contributed by atoms with Crippen LogP contribution in [0.25, 0.3) is 0 Å². The molecule has 1 unspecified atom stereocenters. The number of benzene rings is 2. The number of fused-ring (bicyclic) bond motifs is 1. The van der Waals surface area contributed by atoms with Crippen LogP contribution in [0.4, 0.5) is 5.69 Å². The predicted octanol–water partition coefficient (Wildman–Crippen LogP) is 1.70. The van der Waals surface area contributed by atoms with E-state index in [1.54, 1.807) is 37.4 Å². The summed E-state index contributed by atoms with van der Waals surface area (Å²) in [4.78, 5) is 14.0. The van der Waals surface area contributed by atoms with Crippen LogP contribution in [0.1, 0.15) is 5.56 Å². The van der Waals surface area contributed by atoms with E-state index in [0.717, 1.165) is 5.56 Å². The molecule has 1 heterocycles. The lowest BCUT2D eigenvalue weighted by atomic mass is 10.2. The van der Waals surface area contributed by atoms with Gasteiger partial charge in [-0.1, -0.05) is 24.3 Å². The lowest BCUT2D eigenvalue weighted by Crippen LogP contribution is -2.49. The van der Waals surface area contributed by atoms with Crippen molar-refractivity contribution in [2.24, 2.45) is 0 Å². The van der Waals surface area contributed by atoms with Gasteiger partial charge in [-0.05, 0) is 36.8 Å². The van der Waals surface area contributed by atoms with Crippen LogP contribution in [0.15, 0.2) is 53.4 Å². The Labute approximate surface area is 141 Å². The summed E-state index contributed by atoms with van der Waals surface area (Å²) in [6, 6.07) is 13.7. The molecule has 0 aromatic heterocycles. The third-order valence-corrected chi connectivity index (χ3v) is 5.28. The van der Waals surface area contributed by atoms with Crippen molar-refractivity contribution < 1.29 is 17.9 Å². The SMILES string of the molecule is Cc1cccc(S(=O)(=O)NCC2Oc3ccccc3N(C)C2=O)c1. The lowest BCUT2D eigenvalue weighted by Gasteiger charge is -2.31. The second-order valence-corrected chi connectivity index (χ2v) is 7.41. The summed E-state index contributed by atoms with van der Waals surface area (Å²) < 4.78 is 32.8. The van der Waals surface area contributed by atoms with E-state index >= 15 is 0 Å². The zero-order valence-electron chi connectivity index (χ0n) is 13.4. The molecule has 126 valence electrons. The molecule has 7 heteroatoms. The minimum Gasteiger partial charge on any atom is -0.477 e. The molecule has 1 atom stereocenters. The van der Waals surface area contributed by atoms with Gasteiger partial charge in [-0.2, -0.15) is 0 Å². The van der Waals surface area contributed by atoms with Gasteiger partial charge in [0.1, 0.15) is 5.75 Å². The molecule has 0 saturated carbocycles. The molecular weight excluding hydrogens is 328 g/mol. The Balaban J connectivity index is 1.76. The van der Waals surface area contributed by atoms with Gasteiger partial charge in [0.2, 0.25) is 10.0 Å². The van der Waals surface area contributed by atoms with Gasteiger partial charge >= 0.3 is 0 Å². The van der Waals surface area contributed by atoms with E-state index in [4.69, 9.17) is 4.74 Å². The number of aryl methyl sites for hydroxylation is 1. The quantitative estimate of drug-likeness (QED) is 0.914. The molecule has 2 aromatic rings. The number of nitrogens with zero attached hydrogens (tertiary/aromatic N) is 1. The molecule has 2 aromatic carbocycles. The Morgan fingerprint density at radius 1 is 1.17 bits per heavy atom. The summed E-state index contributed by atoms with van der Waals surface area (Å²) in [6.07, 6.45) is -0.899. The first-order valence-corrected chi connectivity index (χ1v) is 8.96. The summed E-state index contributed by atoms with van der Waals surface area (Å²) in [5.74, 6) is 0.264. The van der Waals surface area contributed by atoms with Gasteiger partial charge in [0.05, 0.1) is 17.1 Å². The van der Waals surface area contributed by atoms with Gasteiger partial charge in [-0.3, -0.25) is 4.79 Å². The predicted molar refractivity (Wildman–Crippen MR) is 90.6 cm³/mol. The number of ether oxygens (including phenoxy) is 1. The molecule has 0 saturated heterocycles. The summed E-state index contributed by atoms with van der Waals surface area (Å²) in [7, 11) is -2.06. The Bertz CT molecular complexity index is 880. The van der Waals surface area contributed by atoms with Crippen molar-refractivity contribution in [2.75, 3.05) is 18.5 Å². The van der Waals surface area contributed by atoms with Crippen molar-refractivity contribution >= 4 is 21.6 Å². The topological polar surface area (TPSA) is 75.7 Å². The molecule has 0 spiro atoms. The normalized spacial score (nSPS) is 17.3. The summed E-state index contributed by atoms with van der Waals surface area (Å²) in [5.41, 5.74) is 1.51. The number of hydrogen-bond donors (Lipinski definition) is 1. The van der Waals surface area contributed by atoms with Crippen LogP contribution in [0.5, 0.6) is 5.75 Å². The molecule has 1 N–H and O–H groups in total. The molecular formula is C17H18N2O4S. The second kappa shape index (κ2) is 6.26. The molecule has 1 aliphatic heterocycles. The number of nitrogens with one attached hydrogen (secondary N) is 1. The van der Waals surface area contributed by atoms with E-state index in [1.165, 1.54) is 11.0 Å². The first-order chi connectivity index (χ1) is 11.4. The Morgan fingerprint density at radius 3 is 2.67 bits per heavy atom. The second-order valence-electron chi connectivity index (χ2n) is 5.64. The summed E-state index contributed by atoms with van der Waals surface area (Å²) in [6.45, 7) is 1.69. The third kappa shape index (κ3) is 3.13. The van der Waals surface area contributed by atoms with E-state index < -0.39 is 16.1 Å². The molecule has 3 rings (SSSR count). The molecule has 0 fully saturated rings. The van der Waals surface area contributed by atoms with Crippen LogP contribution in [-0.4, -0.2) is 34.0 Å². The molecule has 0 aliphatic carbocycles. The molecule has 24 heavy (non-hydrogen) atoms. The van der Waals surface area contributed by atoms with Gasteiger partial charge < -0.3 is 9.64 Å². The Kier molecular flexibility index (Phi) is 4.29. The highest BCUT2D eigenvalue weighted by Crippen LogP contribution is 2.32. The third-order valence-electron chi connectivity index (χ3n) is 3.86. The first-order valence-electron chi connectivity index (χ1n) is 7.48. The monoisotopic (exact) mass is 346 g/mol. The largest absolute Gasteiger partial charge is 0.477 e. The van der Waals surface area contributed by atoms with Crippen molar-refractivity contribution in [3.05, 3.63) is 54.1 Å². The zero-order valence-corrected chi connectivity index (χ0v) is 14.2. The molecule has 0 radical (unpaired) electrons. The van der Waals surface area contributed by atoms with E-state index in [0.29, 0.717) is 11.4 Å². The number of rotatable bonds is 4. The van der Waals surface area contributed by atoms with E-state index in [9.17, 15) is 13.2 Å². The lowest BCUT2D eigenvalue weighted by molar-refractivity contribution is -0.125. The molecule has 1 amide bonds. The number of carbonyl (C=O) groups excluding carboxylic acids is 1. The Morgan fingerprint density at radius 2 is 1.92 bits per heavy atom. The van der Waals surface area contributed by atoms with Gasteiger partial charge in [-0.25, -0.2) is 13.1 Å². The zero-order chi connectivity index (χ0) is 17.3. The fourth-order valence-electron chi connectivity index (χ4n) is 2.55. The van der Waals surface area contributed by atoms with Crippen LogP contribution >= 0.6 is 0 Å². The highest BCUT2D eigenvalue weighted by atomic mass is 32.2. The van der Waals surface area contributed by atoms with E-state index in [-0.39, 0.29) is 17.3 Å². The van der Waals surface area contributed by atoms with Crippen molar-refractivity contribution in [1.29, 1.82) is 0 Å². The minimum absolute atomic E-state index is 0.131. The van der Waals surface area contributed by atoms with Crippen LogP contribution in [-0.2, 0) is 14.8 Å². The average Bonchev–Trinajstić information content (AvgIpc) is 2.57. The van der Waals surface area contributed by atoms with Crippen LogP contribution in [0.2, 0.25) is 0 Å². The van der Waals surface area contributed by atoms with Crippen molar-refractivity contribution in [3.63, 3.8) is 0 Å². The fraction of sp³-hybridized carbons (Fsp3) is 0.235. The number of carbonyl (C=O) groups is 1. The number of anilines is 1. The smallest absolute Gasteiger partial charge is 0.269 e. The highest BCUT2D eigenvalue weighted by molar-refractivity contribution is 7.89. The summed E-state index contributed by atoms with van der Waals surface area (Å²) in [5, 5.41) is 0. The van der Waals surface area contributed by atoms with Gasteiger partial charge in [0.25, 0.3) is 5.91 Å². The fourth-order valence-corrected chi connectivity index (χ4v) is 3.69. The van der Waals surface area contributed by atoms with Crippen LogP contribution in [0.3, 0.4) is 0 Å². The first kappa shape index (κ1) is 16.5. The standard InChI is InChI=1S/C17H18N2O4S/c1-12-6-5-7-13(10-12)24(21,22)18-11-16-17(20)19(2)14-8-3-4-9-15(14)23-16/h3-10,16,18H,11H2,1-2H3. The van der Waals surface area contributed by atoms with Gasteiger partial charge in [-0.15, -0.1) is 0 Å². The van der Waals surface area contributed by atoms with E-state index in [2.05, 4.69) is 4.72 Å². The Hall–Kier alpha value is -2.38. The van der Waals surface area contributed by atoms with Gasteiger partial charge in [0, 0.05) is 7.05 Å². The number of likely N-dealkylation sites (N-methyl/N-ethyl adjacent to an activating group) is 1. The van der Waals surface area contributed by atoms with Crippen molar-refractivity contribution in [1.82, 2.24) is 4.72 Å². The van der Waals surface area contributed by atoms with Crippen molar-refractivity contribution in [2.45, 2.75) is 17.9 Å². The van der Waals surface area contributed by atoms with Crippen molar-refractivity contribution in [3.8, 4) is 5.75 Å². The van der Waals surface area contributed by atoms with Gasteiger partial charge in [0.15, 0.2) is 6.10 Å². The number of para-hydroxylation sites is 2. The molecule has 6 nitrogen and oxygen atoms in total. The minimum atomic E-state index is -3.70. The molecule has 1 aliphatic rings. The summed E-state index contributed by atoms with van der Waals surface area (Å²) >= 11 is 0.